The fraction of sp³-hybridized carbons (Fsp3) is 0.391. The van der Waals surface area contributed by atoms with E-state index in [1.165, 1.54) is 16.4 Å². The van der Waals surface area contributed by atoms with E-state index >= 15 is 0 Å². The van der Waals surface area contributed by atoms with Crippen molar-refractivity contribution < 1.29 is 27.5 Å². The molecule has 2 heterocycles. The van der Waals surface area contributed by atoms with Crippen LogP contribution in [0.25, 0.3) is 0 Å². The van der Waals surface area contributed by atoms with E-state index < -0.39 is 16.1 Å². The van der Waals surface area contributed by atoms with Gasteiger partial charge in [0.1, 0.15) is 11.5 Å². The molecule has 2 aliphatic rings. The van der Waals surface area contributed by atoms with E-state index in [1.54, 1.807) is 35.2 Å². The number of hydrogen-bond acceptors (Lipinski definition) is 6. The predicted molar refractivity (Wildman–Crippen MR) is 122 cm³/mol. The third-order valence-corrected chi connectivity index (χ3v) is 7.62. The molecule has 0 spiro atoms. The summed E-state index contributed by atoms with van der Waals surface area (Å²) < 4.78 is 39.0. The Morgan fingerprint density at radius 3 is 2.55 bits per heavy atom. The quantitative estimate of drug-likeness (QED) is 0.691. The first-order valence-corrected chi connectivity index (χ1v) is 12.4. The average Bonchev–Trinajstić information content (AvgIpc) is 2.83. The molecule has 9 nitrogen and oxygen atoms in total. The van der Waals surface area contributed by atoms with Gasteiger partial charge in [-0.2, -0.15) is 4.31 Å². The van der Waals surface area contributed by atoms with E-state index in [1.807, 2.05) is 13.8 Å². The van der Waals surface area contributed by atoms with Crippen LogP contribution < -0.4 is 14.8 Å². The first-order chi connectivity index (χ1) is 15.8. The van der Waals surface area contributed by atoms with Crippen LogP contribution in [0, 0.1) is 0 Å². The van der Waals surface area contributed by atoms with Crippen LogP contribution in [0.2, 0.25) is 0 Å². The number of piperazine rings is 1. The van der Waals surface area contributed by atoms with E-state index in [9.17, 15) is 18.0 Å². The van der Waals surface area contributed by atoms with Gasteiger partial charge in [0, 0.05) is 26.2 Å². The van der Waals surface area contributed by atoms with Crippen molar-refractivity contribution in [2.75, 3.05) is 38.1 Å². The minimum absolute atomic E-state index is 0.0709. The summed E-state index contributed by atoms with van der Waals surface area (Å²) in [5.74, 6) is 0.488. The zero-order chi connectivity index (χ0) is 23.6. The van der Waals surface area contributed by atoms with Crippen LogP contribution >= 0.6 is 0 Å². The lowest BCUT2D eigenvalue weighted by atomic mass is 10.1. The molecule has 1 saturated heterocycles. The Morgan fingerprint density at radius 2 is 1.85 bits per heavy atom. The molecule has 0 radical (unpaired) electrons. The Kier molecular flexibility index (Phi) is 6.57. The zero-order valence-corrected chi connectivity index (χ0v) is 19.4. The van der Waals surface area contributed by atoms with E-state index in [4.69, 9.17) is 9.47 Å². The van der Waals surface area contributed by atoms with Gasteiger partial charge in [0.2, 0.25) is 10.0 Å². The summed E-state index contributed by atoms with van der Waals surface area (Å²) in [4.78, 5) is 26.8. The molecule has 1 fully saturated rings. The maximum absolute atomic E-state index is 13.2. The van der Waals surface area contributed by atoms with E-state index in [0.29, 0.717) is 35.8 Å². The monoisotopic (exact) mass is 473 g/mol. The molecular formula is C23H27N3O6S. The summed E-state index contributed by atoms with van der Waals surface area (Å²) in [5.41, 5.74) is 0.804. The minimum Gasteiger partial charge on any atom is -0.493 e. The van der Waals surface area contributed by atoms with Crippen LogP contribution in [-0.4, -0.2) is 68.3 Å². The number of fused-ring (bicyclic) bond motifs is 1. The van der Waals surface area contributed by atoms with Crippen molar-refractivity contribution in [3.8, 4) is 11.5 Å². The summed E-state index contributed by atoms with van der Waals surface area (Å²) in [5, 5.41) is 2.72. The molecule has 176 valence electrons. The summed E-state index contributed by atoms with van der Waals surface area (Å²) in [7, 11) is -3.80. The van der Waals surface area contributed by atoms with Gasteiger partial charge < -0.3 is 19.7 Å². The number of benzene rings is 2. The van der Waals surface area contributed by atoms with Crippen molar-refractivity contribution >= 4 is 27.5 Å². The van der Waals surface area contributed by atoms with Crippen molar-refractivity contribution in [1.82, 2.24) is 9.21 Å². The summed E-state index contributed by atoms with van der Waals surface area (Å²) in [6, 6.07) is 11.5. The third-order valence-electron chi connectivity index (χ3n) is 5.72. The number of para-hydroxylation sites is 1. The van der Waals surface area contributed by atoms with E-state index in [-0.39, 0.29) is 42.9 Å². The fourth-order valence-corrected chi connectivity index (χ4v) is 5.38. The number of amides is 2. The van der Waals surface area contributed by atoms with Crippen LogP contribution in [0.4, 0.5) is 5.69 Å². The van der Waals surface area contributed by atoms with Gasteiger partial charge in [-0.1, -0.05) is 19.1 Å². The van der Waals surface area contributed by atoms with Crippen LogP contribution in [0.1, 0.15) is 30.6 Å². The molecule has 33 heavy (non-hydrogen) atoms. The van der Waals surface area contributed by atoms with E-state index in [0.717, 1.165) is 0 Å². The maximum atomic E-state index is 13.2. The van der Waals surface area contributed by atoms with Crippen LogP contribution in [0.15, 0.2) is 47.4 Å². The first-order valence-electron chi connectivity index (χ1n) is 11.0. The molecule has 2 amide bonds. The molecular weight excluding hydrogens is 446 g/mol. The zero-order valence-electron chi connectivity index (χ0n) is 18.6. The fourth-order valence-electron chi connectivity index (χ4n) is 3.93. The molecule has 0 bridgehead atoms. The number of carbonyl (C=O) groups excluding carboxylic acids is 2. The number of nitrogens with one attached hydrogen (secondary N) is 1. The Labute approximate surface area is 193 Å². The standard InChI is InChI=1S/C23H27N3O6S/c1-3-19-22(27)24-18-15-16(9-10-21(18)32-19)33(29,30)26-13-11-25(12-14-26)23(28)17-7-5-6-8-20(17)31-4-2/h5-10,15,19H,3-4,11-14H2,1-2H3,(H,24,27)/t19-/m0/s1. The smallest absolute Gasteiger partial charge is 0.265 e. The van der Waals surface area contributed by atoms with Gasteiger partial charge in [-0.3, -0.25) is 9.59 Å². The second-order valence-corrected chi connectivity index (χ2v) is 9.73. The molecule has 0 saturated carbocycles. The predicted octanol–water partition coefficient (Wildman–Crippen LogP) is 2.34. The van der Waals surface area contributed by atoms with Gasteiger partial charge in [-0.15, -0.1) is 0 Å². The summed E-state index contributed by atoms with van der Waals surface area (Å²) >= 11 is 0. The lowest BCUT2D eigenvalue weighted by Gasteiger charge is -2.34. The van der Waals surface area contributed by atoms with Gasteiger partial charge >= 0.3 is 0 Å². The summed E-state index contributed by atoms with van der Waals surface area (Å²) in [6.45, 7) is 5.01. The topological polar surface area (TPSA) is 105 Å². The van der Waals surface area contributed by atoms with Crippen molar-refractivity contribution in [3.05, 3.63) is 48.0 Å². The minimum atomic E-state index is -3.80. The second-order valence-electron chi connectivity index (χ2n) is 7.79. The van der Waals surface area contributed by atoms with Gasteiger partial charge in [0.05, 0.1) is 22.8 Å². The number of anilines is 1. The van der Waals surface area contributed by atoms with Crippen molar-refractivity contribution in [3.63, 3.8) is 0 Å². The number of ether oxygens (including phenoxy) is 2. The van der Waals surface area contributed by atoms with Crippen molar-refractivity contribution in [1.29, 1.82) is 0 Å². The van der Waals surface area contributed by atoms with Crippen LogP contribution in [-0.2, 0) is 14.8 Å². The van der Waals surface area contributed by atoms with Gasteiger partial charge in [0.15, 0.2) is 6.10 Å². The van der Waals surface area contributed by atoms with Gasteiger partial charge in [-0.25, -0.2) is 8.42 Å². The lowest BCUT2D eigenvalue weighted by molar-refractivity contribution is -0.123. The number of rotatable bonds is 6. The molecule has 2 aliphatic heterocycles. The molecule has 2 aromatic rings. The van der Waals surface area contributed by atoms with Crippen LogP contribution in [0.3, 0.4) is 0 Å². The highest BCUT2D eigenvalue weighted by molar-refractivity contribution is 7.89. The maximum Gasteiger partial charge on any atom is 0.265 e. The molecule has 1 atom stereocenters. The van der Waals surface area contributed by atoms with Crippen molar-refractivity contribution in [2.24, 2.45) is 0 Å². The largest absolute Gasteiger partial charge is 0.493 e. The molecule has 2 aromatic carbocycles. The van der Waals surface area contributed by atoms with Gasteiger partial charge in [0.25, 0.3) is 11.8 Å². The van der Waals surface area contributed by atoms with Crippen LogP contribution in [0.5, 0.6) is 11.5 Å². The highest BCUT2D eigenvalue weighted by atomic mass is 32.2. The Bertz CT molecular complexity index is 1160. The molecule has 0 unspecified atom stereocenters. The molecule has 0 aromatic heterocycles. The highest BCUT2D eigenvalue weighted by Crippen LogP contribution is 2.33. The Balaban J connectivity index is 1.46. The second kappa shape index (κ2) is 9.40. The third kappa shape index (κ3) is 4.53. The Morgan fingerprint density at radius 1 is 1.12 bits per heavy atom. The molecule has 0 aliphatic carbocycles. The number of nitrogens with zero attached hydrogens (tertiary/aromatic N) is 2. The van der Waals surface area contributed by atoms with Gasteiger partial charge in [-0.05, 0) is 43.7 Å². The van der Waals surface area contributed by atoms with Crippen molar-refractivity contribution in [2.45, 2.75) is 31.3 Å². The Hall–Kier alpha value is -3.11. The highest BCUT2D eigenvalue weighted by Gasteiger charge is 2.33. The number of carbonyl (C=O) groups is 2. The normalized spacial score (nSPS) is 18.8. The molecule has 10 heteroatoms. The molecule has 4 rings (SSSR count). The molecule has 1 N–H and O–H groups in total. The summed E-state index contributed by atoms with van der Waals surface area (Å²) in [6.07, 6.45) is -0.0676. The first kappa shape index (κ1) is 23.1. The lowest BCUT2D eigenvalue weighted by Crippen LogP contribution is -2.50. The average molecular weight is 474 g/mol. The number of sulfonamides is 1. The number of hydrogen-bond donors (Lipinski definition) is 1. The SMILES string of the molecule is CCOc1ccccc1C(=O)N1CCN(S(=O)(=O)c2ccc3c(c2)NC(=O)[C@H](CC)O3)CC1. The van der Waals surface area contributed by atoms with E-state index in [2.05, 4.69) is 5.32 Å².